The first-order valence-electron chi connectivity index (χ1n) is 3.78. The SMILES string of the molecule is O=C1NC(C(F)F)Cn2ccnc21. The molecule has 1 atom stereocenters. The van der Waals surface area contributed by atoms with E-state index in [2.05, 4.69) is 10.3 Å². The summed E-state index contributed by atoms with van der Waals surface area (Å²) >= 11 is 0. The molecule has 2 rings (SSSR count). The molecule has 0 aliphatic carbocycles. The molecule has 4 nitrogen and oxygen atoms in total. The molecule has 1 N–H and O–H groups in total. The number of halogens is 2. The average Bonchev–Trinajstić information content (AvgIpc) is 2.51. The Hall–Kier alpha value is -1.46. The van der Waals surface area contributed by atoms with E-state index in [1.165, 1.54) is 17.0 Å². The minimum absolute atomic E-state index is 0.0821. The maximum absolute atomic E-state index is 12.2. The number of carbonyl (C=O) groups excluding carboxylic acids is 1. The highest BCUT2D eigenvalue weighted by Gasteiger charge is 2.30. The Kier molecular flexibility index (Phi) is 1.75. The Bertz CT molecular complexity index is 336. The topological polar surface area (TPSA) is 46.9 Å². The maximum Gasteiger partial charge on any atom is 0.287 e. The summed E-state index contributed by atoms with van der Waals surface area (Å²) in [7, 11) is 0. The second-order valence-corrected chi connectivity index (χ2v) is 2.82. The molecule has 1 aliphatic heterocycles. The number of imidazole rings is 1. The summed E-state index contributed by atoms with van der Waals surface area (Å²) in [5, 5.41) is 2.19. The molecule has 1 aromatic rings. The monoisotopic (exact) mass is 187 g/mol. The van der Waals surface area contributed by atoms with E-state index in [1.54, 1.807) is 0 Å². The third-order valence-electron chi connectivity index (χ3n) is 1.93. The number of aromatic nitrogens is 2. The van der Waals surface area contributed by atoms with E-state index in [1.807, 2.05) is 0 Å². The minimum atomic E-state index is -2.54. The molecule has 2 heterocycles. The van der Waals surface area contributed by atoms with Gasteiger partial charge in [-0.2, -0.15) is 0 Å². The lowest BCUT2D eigenvalue weighted by Gasteiger charge is -2.23. The van der Waals surface area contributed by atoms with Crippen molar-refractivity contribution in [2.75, 3.05) is 0 Å². The van der Waals surface area contributed by atoms with Gasteiger partial charge in [0.05, 0.1) is 6.54 Å². The van der Waals surface area contributed by atoms with Crippen molar-refractivity contribution in [3.8, 4) is 0 Å². The van der Waals surface area contributed by atoms with Gasteiger partial charge in [0.1, 0.15) is 6.04 Å². The predicted octanol–water partition coefficient (Wildman–Crippen LogP) is 0.260. The first kappa shape index (κ1) is 8.15. The van der Waals surface area contributed by atoms with E-state index in [0.29, 0.717) is 0 Å². The van der Waals surface area contributed by atoms with E-state index in [9.17, 15) is 13.6 Å². The molecule has 0 saturated carbocycles. The smallest absolute Gasteiger partial charge is 0.287 e. The normalized spacial score (nSPS) is 21.5. The van der Waals surface area contributed by atoms with E-state index < -0.39 is 18.4 Å². The second kappa shape index (κ2) is 2.79. The third-order valence-corrected chi connectivity index (χ3v) is 1.93. The van der Waals surface area contributed by atoms with Crippen LogP contribution < -0.4 is 5.32 Å². The number of alkyl halides is 2. The van der Waals surface area contributed by atoms with Crippen molar-refractivity contribution >= 4 is 5.91 Å². The molecule has 70 valence electrons. The largest absolute Gasteiger partial charge is 0.339 e. The summed E-state index contributed by atoms with van der Waals surface area (Å²) in [5.74, 6) is -0.349. The Morgan fingerprint density at radius 3 is 3.15 bits per heavy atom. The van der Waals surface area contributed by atoms with Crippen molar-refractivity contribution in [2.45, 2.75) is 19.0 Å². The van der Waals surface area contributed by atoms with Gasteiger partial charge in [-0.3, -0.25) is 4.79 Å². The standard InChI is InChI=1S/C7H7F2N3O/c8-5(9)4-3-12-2-1-10-6(12)7(13)11-4/h1-2,4-5H,3H2,(H,11,13). The van der Waals surface area contributed by atoms with Crippen LogP contribution in [0.2, 0.25) is 0 Å². The van der Waals surface area contributed by atoms with Gasteiger partial charge in [-0.1, -0.05) is 0 Å². The highest BCUT2D eigenvalue weighted by molar-refractivity contribution is 5.91. The van der Waals surface area contributed by atoms with Crippen LogP contribution >= 0.6 is 0 Å². The number of rotatable bonds is 1. The molecule has 0 fully saturated rings. The number of carbonyl (C=O) groups is 1. The lowest BCUT2D eigenvalue weighted by atomic mass is 10.2. The Labute approximate surface area is 72.6 Å². The summed E-state index contributed by atoms with van der Waals surface area (Å²) in [6.07, 6.45) is 0.395. The molecule has 1 aromatic heterocycles. The highest BCUT2D eigenvalue weighted by atomic mass is 19.3. The zero-order valence-electron chi connectivity index (χ0n) is 6.58. The Morgan fingerprint density at radius 2 is 2.46 bits per heavy atom. The lowest BCUT2D eigenvalue weighted by molar-refractivity contribution is 0.0632. The maximum atomic E-state index is 12.2. The average molecular weight is 187 g/mol. The molecule has 1 amide bonds. The first-order valence-corrected chi connectivity index (χ1v) is 3.78. The molecule has 0 saturated heterocycles. The first-order chi connectivity index (χ1) is 6.18. The van der Waals surface area contributed by atoms with Crippen molar-refractivity contribution in [3.63, 3.8) is 0 Å². The fraction of sp³-hybridized carbons (Fsp3) is 0.429. The van der Waals surface area contributed by atoms with Crippen molar-refractivity contribution in [1.29, 1.82) is 0 Å². The number of nitrogens with one attached hydrogen (secondary N) is 1. The number of hydrogen-bond donors (Lipinski definition) is 1. The Balaban J connectivity index is 2.29. The van der Waals surface area contributed by atoms with Gasteiger partial charge in [0, 0.05) is 12.4 Å². The van der Waals surface area contributed by atoms with Gasteiger partial charge < -0.3 is 9.88 Å². The van der Waals surface area contributed by atoms with Gasteiger partial charge >= 0.3 is 0 Å². The van der Waals surface area contributed by atoms with E-state index in [-0.39, 0.29) is 12.4 Å². The van der Waals surface area contributed by atoms with Gasteiger partial charge in [-0.05, 0) is 0 Å². The zero-order chi connectivity index (χ0) is 9.42. The molecule has 13 heavy (non-hydrogen) atoms. The summed E-state index contributed by atoms with van der Waals surface area (Å²) in [6.45, 7) is 0.0821. The van der Waals surface area contributed by atoms with Crippen LogP contribution in [0.1, 0.15) is 10.6 Å². The second-order valence-electron chi connectivity index (χ2n) is 2.82. The van der Waals surface area contributed by atoms with Crippen molar-refractivity contribution in [2.24, 2.45) is 0 Å². The number of nitrogens with zero attached hydrogens (tertiary/aromatic N) is 2. The van der Waals surface area contributed by atoms with Crippen LogP contribution in [0.15, 0.2) is 12.4 Å². The van der Waals surface area contributed by atoms with Gasteiger partial charge in [0.2, 0.25) is 0 Å². The van der Waals surface area contributed by atoms with Crippen molar-refractivity contribution in [3.05, 3.63) is 18.2 Å². The highest BCUT2D eigenvalue weighted by Crippen LogP contribution is 2.11. The van der Waals surface area contributed by atoms with Crippen LogP contribution in [0.25, 0.3) is 0 Å². The van der Waals surface area contributed by atoms with Gasteiger partial charge in [-0.25, -0.2) is 13.8 Å². The molecule has 0 bridgehead atoms. The van der Waals surface area contributed by atoms with Crippen LogP contribution in [0.4, 0.5) is 8.78 Å². The molecule has 0 spiro atoms. The van der Waals surface area contributed by atoms with Crippen LogP contribution in [0.5, 0.6) is 0 Å². The van der Waals surface area contributed by atoms with Crippen LogP contribution in [-0.4, -0.2) is 27.9 Å². The van der Waals surface area contributed by atoms with Crippen LogP contribution in [0.3, 0.4) is 0 Å². The Morgan fingerprint density at radius 1 is 1.69 bits per heavy atom. The van der Waals surface area contributed by atoms with E-state index >= 15 is 0 Å². The van der Waals surface area contributed by atoms with Crippen LogP contribution in [0, 0.1) is 0 Å². The van der Waals surface area contributed by atoms with E-state index in [0.717, 1.165) is 0 Å². The van der Waals surface area contributed by atoms with Gasteiger partial charge in [0.15, 0.2) is 5.82 Å². The zero-order valence-corrected chi connectivity index (χ0v) is 6.58. The number of hydrogen-bond acceptors (Lipinski definition) is 2. The number of fused-ring (bicyclic) bond motifs is 1. The molecular weight excluding hydrogens is 180 g/mol. The van der Waals surface area contributed by atoms with Crippen LogP contribution in [-0.2, 0) is 6.54 Å². The van der Waals surface area contributed by atoms with Gasteiger partial charge in [-0.15, -0.1) is 0 Å². The molecule has 0 aromatic carbocycles. The van der Waals surface area contributed by atoms with E-state index in [4.69, 9.17) is 0 Å². The molecule has 0 radical (unpaired) electrons. The van der Waals surface area contributed by atoms with Crippen molar-refractivity contribution < 1.29 is 13.6 Å². The molecule has 1 unspecified atom stereocenters. The quantitative estimate of drug-likeness (QED) is 0.685. The lowest BCUT2D eigenvalue weighted by Crippen LogP contribution is -2.48. The number of amides is 1. The predicted molar refractivity (Wildman–Crippen MR) is 39.5 cm³/mol. The molecule has 1 aliphatic rings. The minimum Gasteiger partial charge on any atom is -0.339 e. The summed E-state index contributed by atoms with van der Waals surface area (Å²) in [6, 6.07) is -1.10. The summed E-state index contributed by atoms with van der Waals surface area (Å²) in [5.41, 5.74) is 0. The molecule has 6 heteroatoms. The molecular formula is C7H7F2N3O. The van der Waals surface area contributed by atoms with Gasteiger partial charge in [0.25, 0.3) is 12.3 Å². The van der Waals surface area contributed by atoms with Crippen molar-refractivity contribution in [1.82, 2.24) is 14.9 Å². The summed E-state index contributed by atoms with van der Waals surface area (Å²) < 4.78 is 25.9. The summed E-state index contributed by atoms with van der Waals surface area (Å²) in [4.78, 5) is 14.9. The third kappa shape index (κ3) is 1.28. The fourth-order valence-electron chi connectivity index (χ4n) is 1.30. The fourth-order valence-corrected chi connectivity index (χ4v) is 1.30.